The second-order valence-electron chi connectivity index (χ2n) is 4.15. The third kappa shape index (κ3) is 2.12. The van der Waals surface area contributed by atoms with Gasteiger partial charge in [0.25, 0.3) is 5.69 Å². The van der Waals surface area contributed by atoms with Gasteiger partial charge in [0.15, 0.2) is 11.1 Å². The summed E-state index contributed by atoms with van der Waals surface area (Å²) >= 11 is 0. The van der Waals surface area contributed by atoms with Crippen molar-refractivity contribution in [1.29, 1.82) is 0 Å². The Balaban J connectivity index is 2.01. The summed E-state index contributed by atoms with van der Waals surface area (Å²) in [6.07, 6.45) is 0. The molecule has 1 aromatic heterocycles. The number of para-hydroxylation sites is 1. The zero-order valence-electron chi connectivity index (χ0n) is 10.2. The van der Waals surface area contributed by atoms with E-state index in [1.54, 1.807) is 36.4 Å². The van der Waals surface area contributed by atoms with Crippen molar-refractivity contribution in [3.05, 3.63) is 52.6 Å². The minimum atomic E-state index is -0.491. The number of rotatable bonds is 3. The number of oxazole rings is 1. The maximum Gasteiger partial charge on any atom is 0.300 e. The van der Waals surface area contributed by atoms with Crippen molar-refractivity contribution in [2.75, 3.05) is 11.1 Å². The predicted octanol–water partition coefficient (Wildman–Crippen LogP) is 3.06. The molecule has 20 heavy (non-hydrogen) atoms. The van der Waals surface area contributed by atoms with E-state index in [1.807, 2.05) is 0 Å². The molecular formula is C13H10N4O3. The van der Waals surface area contributed by atoms with Crippen LogP contribution in [0.15, 0.2) is 46.9 Å². The molecular weight excluding hydrogens is 260 g/mol. The molecule has 0 bridgehead atoms. The molecule has 7 heteroatoms. The normalized spacial score (nSPS) is 10.6. The molecule has 0 aliphatic rings. The van der Waals surface area contributed by atoms with Crippen LogP contribution in [0.2, 0.25) is 0 Å². The molecule has 0 saturated carbocycles. The molecule has 3 aromatic rings. The number of non-ortho nitro benzene ring substituents is 1. The van der Waals surface area contributed by atoms with E-state index in [0.717, 1.165) is 0 Å². The van der Waals surface area contributed by atoms with E-state index in [2.05, 4.69) is 10.3 Å². The van der Waals surface area contributed by atoms with Crippen LogP contribution in [0.5, 0.6) is 0 Å². The minimum absolute atomic E-state index is 0.0909. The van der Waals surface area contributed by atoms with Crippen molar-refractivity contribution in [1.82, 2.24) is 4.98 Å². The van der Waals surface area contributed by atoms with Gasteiger partial charge >= 0.3 is 6.01 Å². The number of benzene rings is 2. The molecule has 0 radical (unpaired) electrons. The molecule has 0 spiro atoms. The van der Waals surface area contributed by atoms with E-state index >= 15 is 0 Å². The first-order valence-electron chi connectivity index (χ1n) is 5.80. The monoisotopic (exact) mass is 270 g/mol. The van der Waals surface area contributed by atoms with Crippen molar-refractivity contribution >= 4 is 34.2 Å². The maximum absolute atomic E-state index is 10.9. The van der Waals surface area contributed by atoms with Crippen LogP contribution in [-0.4, -0.2) is 9.91 Å². The highest BCUT2D eigenvalue weighted by molar-refractivity contribution is 5.84. The van der Waals surface area contributed by atoms with Gasteiger partial charge < -0.3 is 15.5 Å². The zero-order chi connectivity index (χ0) is 14.1. The highest BCUT2D eigenvalue weighted by Gasteiger charge is 2.17. The second kappa shape index (κ2) is 4.54. The molecule has 0 unspecified atom stereocenters. The summed E-state index contributed by atoms with van der Waals surface area (Å²) in [5.41, 5.74) is 7.43. The van der Waals surface area contributed by atoms with Crippen molar-refractivity contribution in [2.24, 2.45) is 0 Å². The number of nitro benzene ring substituents is 1. The van der Waals surface area contributed by atoms with Gasteiger partial charge in [-0.3, -0.25) is 10.1 Å². The first-order chi connectivity index (χ1) is 9.63. The molecule has 0 fully saturated rings. The SMILES string of the molecule is Nc1cccc(Nc2nc3c([N+](=O)[O-])cccc3o2)c1. The Labute approximate surface area is 113 Å². The largest absolute Gasteiger partial charge is 0.423 e. The fourth-order valence-electron chi connectivity index (χ4n) is 1.87. The number of nitro groups is 1. The summed E-state index contributed by atoms with van der Waals surface area (Å²) in [6.45, 7) is 0. The molecule has 1 heterocycles. The van der Waals surface area contributed by atoms with Gasteiger partial charge in [0, 0.05) is 17.4 Å². The average Bonchev–Trinajstić information content (AvgIpc) is 2.80. The van der Waals surface area contributed by atoms with Crippen LogP contribution >= 0.6 is 0 Å². The number of fused-ring (bicyclic) bond motifs is 1. The summed E-state index contributed by atoms with van der Waals surface area (Å²) in [6, 6.07) is 11.8. The van der Waals surface area contributed by atoms with Gasteiger partial charge in [-0.25, -0.2) is 0 Å². The topological polar surface area (TPSA) is 107 Å². The van der Waals surface area contributed by atoms with E-state index in [0.29, 0.717) is 17.0 Å². The highest BCUT2D eigenvalue weighted by Crippen LogP contribution is 2.28. The molecule has 0 saturated heterocycles. The molecule has 3 rings (SSSR count). The molecule has 0 aliphatic carbocycles. The minimum Gasteiger partial charge on any atom is -0.423 e. The van der Waals surface area contributed by atoms with Crippen LogP contribution in [0.4, 0.5) is 23.1 Å². The summed E-state index contributed by atoms with van der Waals surface area (Å²) in [4.78, 5) is 14.5. The number of nitrogens with two attached hydrogens (primary N) is 1. The first kappa shape index (κ1) is 12.0. The lowest BCUT2D eigenvalue weighted by Crippen LogP contribution is -1.92. The predicted molar refractivity (Wildman–Crippen MR) is 74.8 cm³/mol. The van der Waals surface area contributed by atoms with Crippen molar-refractivity contribution in [3.8, 4) is 0 Å². The third-order valence-corrected chi connectivity index (χ3v) is 2.73. The summed E-state index contributed by atoms with van der Waals surface area (Å²) in [7, 11) is 0. The number of hydrogen-bond acceptors (Lipinski definition) is 6. The zero-order valence-corrected chi connectivity index (χ0v) is 10.2. The van der Waals surface area contributed by atoms with E-state index in [-0.39, 0.29) is 17.2 Å². The van der Waals surface area contributed by atoms with E-state index < -0.39 is 4.92 Å². The Kier molecular flexibility index (Phi) is 2.72. The smallest absolute Gasteiger partial charge is 0.300 e. The van der Waals surface area contributed by atoms with Gasteiger partial charge in [0.1, 0.15) is 0 Å². The molecule has 0 atom stereocenters. The van der Waals surface area contributed by atoms with Gasteiger partial charge in [0.2, 0.25) is 0 Å². The van der Waals surface area contributed by atoms with E-state index in [4.69, 9.17) is 10.2 Å². The van der Waals surface area contributed by atoms with Crippen molar-refractivity contribution in [2.45, 2.75) is 0 Å². The number of aromatic nitrogens is 1. The van der Waals surface area contributed by atoms with Gasteiger partial charge in [-0.2, -0.15) is 4.98 Å². The number of hydrogen-bond donors (Lipinski definition) is 2. The molecule has 0 aliphatic heterocycles. The Morgan fingerprint density at radius 2 is 2.05 bits per heavy atom. The highest BCUT2D eigenvalue weighted by atomic mass is 16.6. The Hall–Kier alpha value is -3.09. The van der Waals surface area contributed by atoms with Crippen LogP contribution < -0.4 is 11.1 Å². The molecule has 2 aromatic carbocycles. The molecule has 7 nitrogen and oxygen atoms in total. The number of nitrogens with zero attached hydrogens (tertiary/aromatic N) is 2. The average molecular weight is 270 g/mol. The number of nitrogens with one attached hydrogen (secondary N) is 1. The lowest BCUT2D eigenvalue weighted by Gasteiger charge is -2.01. The van der Waals surface area contributed by atoms with Crippen molar-refractivity contribution < 1.29 is 9.34 Å². The Morgan fingerprint density at radius 3 is 2.80 bits per heavy atom. The lowest BCUT2D eigenvalue weighted by molar-refractivity contribution is -0.383. The maximum atomic E-state index is 10.9. The quantitative estimate of drug-likeness (QED) is 0.430. The number of anilines is 3. The number of nitrogen functional groups attached to an aromatic ring is 1. The summed E-state index contributed by atoms with van der Waals surface area (Å²) < 4.78 is 5.44. The third-order valence-electron chi connectivity index (χ3n) is 2.73. The van der Waals surface area contributed by atoms with E-state index in [1.165, 1.54) is 6.07 Å². The van der Waals surface area contributed by atoms with Crippen LogP contribution in [-0.2, 0) is 0 Å². The Morgan fingerprint density at radius 1 is 1.25 bits per heavy atom. The van der Waals surface area contributed by atoms with Crippen LogP contribution in [0.25, 0.3) is 11.1 Å². The second-order valence-corrected chi connectivity index (χ2v) is 4.15. The van der Waals surface area contributed by atoms with Crippen LogP contribution in [0.3, 0.4) is 0 Å². The van der Waals surface area contributed by atoms with Gasteiger partial charge in [0.05, 0.1) is 4.92 Å². The fraction of sp³-hybridized carbons (Fsp3) is 0. The standard InChI is InChI=1S/C13H10N4O3/c14-8-3-1-4-9(7-8)15-13-16-12-10(17(18)19)5-2-6-11(12)20-13/h1-7H,14H2,(H,15,16). The summed E-state index contributed by atoms with van der Waals surface area (Å²) in [5, 5.41) is 13.8. The van der Waals surface area contributed by atoms with Gasteiger partial charge in [-0.15, -0.1) is 0 Å². The Bertz CT molecular complexity index is 797. The lowest BCUT2D eigenvalue weighted by atomic mass is 10.3. The molecule has 3 N–H and O–H groups in total. The molecule has 100 valence electrons. The first-order valence-corrected chi connectivity index (χ1v) is 5.80. The van der Waals surface area contributed by atoms with E-state index in [9.17, 15) is 10.1 Å². The van der Waals surface area contributed by atoms with Crippen LogP contribution in [0, 0.1) is 10.1 Å². The molecule has 0 amide bonds. The van der Waals surface area contributed by atoms with Crippen LogP contribution in [0.1, 0.15) is 0 Å². The fourth-order valence-corrected chi connectivity index (χ4v) is 1.87. The van der Waals surface area contributed by atoms with Gasteiger partial charge in [-0.05, 0) is 24.3 Å². The summed E-state index contributed by atoms with van der Waals surface area (Å²) in [5.74, 6) is 0. The van der Waals surface area contributed by atoms with Crippen molar-refractivity contribution in [3.63, 3.8) is 0 Å². The van der Waals surface area contributed by atoms with Gasteiger partial charge in [-0.1, -0.05) is 12.1 Å².